The van der Waals surface area contributed by atoms with Gasteiger partial charge in [-0.3, -0.25) is 0 Å². The van der Waals surface area contributed by atoms with Gasteiger partial charge in [0.15, 0.2) is 0 Å². The second kappa shape index (κ2) is 104. The summed E-state index contributed by atoms with van der Waals surface area (Å²) in [7, 11) is 0. The first-order valence-electron chi connectivity index (χ1n) is 5.38. The summed E-state index contributed by atoms with van der Waals surface area (Å²) in [4.78, 5) is 0. The number of unbranched alkanes of at least 4 members (excludes halogenated alkanes) is 1. The average molecular weight is 669 g/mol. The molecule has 0 nitrogen and oxygen atoms in total. The van der Waals surface area contributed by atoms with Crippen LogP contribution in [0.15, 0.2) is 0 Å². The van der Waals surface area contributed by atoms with Crippen molar-refractivity contribution in [3.8, 4) is 0 Å². The minimum absolute atomic E-state index is 0. The molecular weight excluding hydrogens is 631 g/mol. The van der Waals surface area contributed by atoms with E-state index >= 15 is 0 Å². The molecule has 0 bridgehead atoms. The van der Waals surface area contributed by atoms with Gasteiger partial charge >= 0.3 is 0 Å². The van der Waals surface area contributed by atoms with Crippen LogP contribution in [-0.2, 0) is 0 Å². The SMILES string of the molecule is CCCC.C[CH-]C.C[CH-]C.C[CH-]C.[CH3-].[CH3-].[Sm].[Sm].[Sm]. The molecule has 0 rings (SSSR count). The molecule has 0 saturated carbocycles. The molecule has 0 spiro atoms. The van der Waals surface area contributed by atoms with Crippen molar-refractivity contribution < 1.29 is 121 Å². The van der Waals surface area contributed by atoms with Crippen LogP contribution in [0.2, 0.25) is 0 Å². The van der Waals surface area contributed by atoms with Crippen molar-refractivity contribution in [2.75, 3.05) is 0 Å². The van der Waals surface area contributed by atoms with Crippen molar-refractivity contribution in [2.45, 2.75) is 68.2 Å². The van der Waals surface area contributed by atoms with Crippen LogP contribution in [0.3, 0.4) is 0 Å². The molecule has 120 valence electrons. The second-order valence-corrected chi connectivity index (χ2v) is 2.73. The zero-order valence-corrected chi connectivity index (χ0v) is 22.2. The van der Waals surface area contributed by atoms with E-state index in [1.807, 2.05) is 60.8 Å². The molecule has 0 aliphatic heterocycles. The predicted molar refractivity (Wildman–Crippen MR) is 80.4 cm³/mol. The maximum atomic E-state index is 2.18. The van der Waals surface area contributed by atoms with Crippen LogP contribution in [0.5, 0.6) is 0 Å². The molecule has 0 radical (unpaired) electrons. The molecule has 0 atom stereocenters. The molecule has 3 heteroatoms. The monoisotopic (exact) mass is 673 g/mol. The van der Waals surface area contributed by atoms with Crippen molar-refractivity contribution in [3.63, 3.8) is 0 Å². The van der Waals surface area contributed by atoms with E-state index in [0.29, 0.717) is 0 Å². The Bertz CT molecular complexity index is 28.2. The molecule has 0 aromatic rings. The Balaban J connectivity index is -0.00000000790. The fraction of sp³-hybridized carbons (Fsp3) is 0.667. The first-order valence-corrected chi connectivity index (χ1v) is 5.38. The smallest absolute Gasteiger partial charge is 0 e. The summed E-state index contributed by atoms with van der Waals surface area (Å²) in [6.07, 6.45) is 8.64. The van der Waals surface area contributed by atoms with Gasteiger partial charge in [0.25, 0.3) is 0 Å². The summed E-state index contributed by atoms with van der Waals surface area (Å²) in [6, 6.07) is 0. The Morgan fingerprint density at radius 1 is 0.500 bits per heavy atom. The van der Waals surface area contributed by atoms with Crippen LogP contribution >= 0.6 is 0 Å². The van der Waals surface area contributed by atoms with Crippen LogP contribution in [0, 0.1) is 155 Å². The van der Waals surface area contributed by atoms with E-state index in [0.717, 1.165) is 0 Å². The van der Waals surface area contributed by atoms with Gasteiger partial charge in [0.1, 0.15) is 0 Å². The Labute approximate surface area is 219 Å². The van der Waals surface area contributed by atoms with Crippen molar-refractivity contribution in [3.05, 3.63) is 34.1 Å². The van der Waals surface area contributed by atoms with Crippen molar-refractivity contribution in [1.29, 1.82) is 0 Å². The molecule has 0 aliphatic carbocycles. The minimum atomic E-state index is 0. The summed E-state index contributed by atoms with van der Waals surface area (Å²) in [6.45, 7) is 16.4. The van der Waals surface area contributed by atoms with Gasteiger partial charge in [0.05, 0.1) is 0 Å². The van der Waals surface area contributed by atoms with Gasteiger partial charge in [-0.1, -0.05) is 26.7 Å². The summed E-state index contributed by atoms with van der Waals surface area (Å²) in [5.41, 5.74) is 0. The first-order chi connectivity index (χ1) is 6.16. The van der Waals surface area contributed by atoms with Gasteiger partial charge in [0, 0.05) is 121 Å². The van der Waals surface area contributed by atoms with Crippen LogP contribution in [0.25, 0.3) is 0 Å². The second-order valence-electron chi connectivity index (χ2n) is 2.73. The average Bonchev–Trinajstić information content (AvgIpc) is 2.08. The third-order valence-electron chi connectivity index (χ3n) is 0.500. The van der Waals surface area contributed by atoms with E-state index in [2.05, 4.69) is 13.8 Å². The van der Waals surface area contributed by atoms with E-state index < -0.39 is 0 Å². The maximum Gasteiger partial charge on any atom is 0 e. The quantitative estimate of drug-likeness (QED) is 0.284. The summed E-state index contributed by atoms with van der Waals surface area (Å²) in [5.74, 6) is 0. The van der Waals surface area contributed by atoms with E-state index in [4.69, 9.17) is 0 Å². The zero-order valence-electron chi connectivity index (χ0n) is 14.4. The fourth-order valence-electron chi connectivity index (χ4n) is 0. The number of rotatable bonds is 1. The number of hydrogen-bond donors (Lipinski definition) is 0. The Kier molecular flexibility index (Phi) is 330. The van der Waals surface area contributed by atoms with Crippen molar-refractivity contribution >= 4 is 0 Å². The summed E-state index contributed by atoms with van der Waals surface area (Å²) in [5, 5.41) is 0. The molecule has 0 saturated heterocycles. The maximum absolute atomic E-state index is 2.18. The first kappa shape index (κ1) is 57.4. The summed E-state index contributed by atoms with van der Waals surface area (Å²) < 4.78 is 0. The van der Waals surface area contributed by atoms with Crippen molar-refractivity contribution in [2.24, 2.45) is 0 Å². The van der Waals surface area contributed by atoms with E-state index in [9.17, 15) is 0 Å². The third kappa shape index (κ3) is 288. The van der Waals surface area contributed by atoms with Gasteiger partial charge in [-0.15, -0.1) is 0 Å². The van der Waals surface area contributed by atoms with Gasteiger partial charge in [-0.05, 0) is 0 Å². The van der Waals surface area contributed by atoms with E-state index in [-0.39, 0.29) is 136 Å². The molecule has 0 N–H and O–H groups in total. The van der Waals surface area contributed by atoms with Gasteiger partial charge in [0.2, 0.25) is 0 Å². The molecule has 0 aromatic heterocycles. The van der Waals surface area contributed by atoms with Crippen molar-refractivity contribution in [1.82, 2.24) is 0 Å². The van der Waals surface area contributed by atoms with E-state index in [1.54, 1.807) is 0 Å². The minimum Gasteiger partial charge on any atom is -0.358 e. The van der Waals surface area contributed by atoms with Gasteiger partial charge in [-0.25, -0.2) is 0 Å². The van der Waals surface area contributed by atoms with Crippen LogP contribution in [-0.4, -0.2) is 0 Å². The Morgan fingerprint density at radius 3 is 0.556 bits per heavy atom. The zero-order chi connectivity index (χ0) is 11.5. The Morgan fingerprint density at radius 2 is 0.556 bits per heavy atom. The van der Waals surface area contributed by atoms with Gasteiger partial charge in [-0.2, -0.15) is 41.5 Å². The van der Waals surface area contributed by atoms with Crippen LogP contribution in [0.4, 0.5) is 0 Å². The molecule has 0 amide bonds. The van der Waals surface area contributed by atoms with E-state index in [1.165, 1.54) is 12.8 Å². The predicted octanol–water partition coefficient (Wildman–Crippen LogP) is 6.40. The molecule has 0 heterocycles. The summed E-state index contributed by atoms with van der Waals surface area (Å²) >= 11 is 0. The molecule has 18 heavy (non-hydrogen) atoms. The van der Waals surface area contributed by atoms with Gasteiger partial charge < -0.3 is 34.1 Å². The fourth-order valence-corrected chi connectivity index (χ4v) is 0. The molecule has 0 aromatic carbocycles. The third-order valence-corrected chi connectivity index (χ3v) is 0.500. The standard InChI is InChI=1S/C4H10.3C3H7.2CH3.3Sm/c1-3-4-2;3*1-3-2;;;;;/h3-4H2,1-2H3;3*3H,1-2H3;2*1H3;;;/q;5*-1;;;. The number of hydrogen-bond acceptors (Lipinski definition) is 0. The largest absolute Gasteiger partial charge is 0.358 e. The topological polar surface area (TPSA) is 0 Å². The van der Waals surface area contributed by atoms with Crippen LogP contribution in [0.1, 0.15) is 68.2 Å². The molecule has 0 aliphatic rings. The molecule has 0 unspecified atom stereocenters. The molecular formula is C15H37Sm3-5. The van der Waals surface area contributed by atoms with Crippen LogP contribution < -0.4 is 0 Å². The Hall–Kier alpha value is 4.01. The molecule has 0 fully saturated rings. The normalized spacial score (nSPS) is 4.67.